The molecule has 1 aliphatic rings. The Morgan fingerprint density at radius 1 is 1.10 bits per heavy atom. The van der Waals surface area contributed by atoms with Gasteiger partial charge in [0.1, 0.15) is 0 Å². The molecule has 1 aromatic rings. The Hall–Kier alpha value is -0.860. The number of hydrogen-bond donors (Lipinski definition) is 2. The van der Waals surface area contributed by atoms with Gasteiger partial charge in [-0.1, -0.05) is 57.0 Å². The average Bonchev–Trinajstić information content (AvgIpc) is 2.48. The van der Waals surface area contributed by atoms with Gasteiger partial charge in [-0.25, -0.2) is 0 Å². The summed E-state index contributed by atoms with van der Waals surface area (Å²) in [4.78, 5) is 0. The van der Waals surface area contributed by atoms with Crippen LogP contribution in [0.25, 0.3) is 0 Å². The standard InChI is InChI=1S/C18H29NO/c1-14(2)18(15-8-4-3-5-9-15)19-12-16-10-6-7-11-17(16)13-20/h3-5,8-9,14,16-20H,6-7,10-13H2,1-2H3. The summed E-state index contributed by atoms with van der Waals surface area (Å²) in [5.41, 5.74) is 1.37. The average molecular weight is 275 g/mol. The Balaban J connectivity index is 1.95. The lowest BCUT2D eigenvalue weighted by atomic mass is 9.79. The number of aliphatic hydroxyl groups excluding tert-OH is 1. The predicted octanol–water partition coefficient (Wildman–Crippen LogP) is 3.77. The van der Waals surface area contributed by atoms with Gasteiger partial charge in [0.25, 0.3) is 0 Å². The smallest absolute Gasteiger partial charge is 0.0462 e. The Bertz CT molecular complexity index is 376. The molecule has 112 valence electrons. The topological polar surface area (TPSA) is 32.3 Å². The monoisotopic (exact) mass is 275 g/mol. The van der Waals surface area contributed by atoms with Crippen molar-refractivity contribution in [1.29, 1.82) is 0 Å². The van der Waals surface area contributed by atoms with Crippen LogP contribution in [0.3, 0.4) is 0 Å². The Morgan fingerprint density at radius 2 is 1.75 bits per heavy atom. The maximum absolute atomic E-state index is 9.53. The molecule has 0 aliphatic heterocycles. The number of rotatable bonds is 6. The fourth-order valence-corrected chi connectivity index (χ4v) is 3.47. The molecule has 0 radical (unpaired) electrons. The second-order valence-electron chi connectivity index (χ2n) is 6.53. The molecule has 3 atom stereocenters. The van der Waals surface area contributed by atoms with Gasteiger partial charge in [-0.2, -0.15) is 0 Å². The van der Waals surface area contributed by atoms with Gasteiger partial charge < -0.3 is 10.4 Å². The maximum Gasteiger partial charge on any atom is 0.0462 e. The Labute approximate surface area is 123 Å². The van der Waals surface area contributed by atoms with Gasteiger partial charge in [-0.15, -0.1) is 0 Å². The van der Waals surface area contributed by atoms with Crippen LogP contribution in [0, 0.1) is 17.8 Å². The molecule has 20 heavy (non-hydrogen) atoms. The van der Waals surface area contributed by atoms with E-state index in [2.05, 4.69) is 49.5 Å². The lowest BCUT2D eigenvalue weighted by Crippen LogP contribution is -2.35. The van der Waals surface area contributed by atoms with Gasteiger partial charge in [0.05, 0.1) is 0 Å². The molecule has 2 nitrogen and oxygen atoms in total. The van der Waals surface area contributed by atoms with Crippen LogP contribution in [0.1, 0.15) is 51.1 Å². The Morgan fingerprint density at radius 3 is 2.35 bits per heavy atom. The first-order chi connectivity index (χ1) is 9.72. The summed E-state index contributed by atoms with van der Waals surface area (Å²) in [7, 11) is 0. The summed E-state index contributed by atoms with van der Waals surface area (Å²) in [5, 5.41) is 13.3. The van der Waals surface area contributed by atoms with Crippen molar-refractivity contribution in [1.82, 2.24) is 5.32 Å². The van der Waals surface area contributed by atoms with Crippen LogP contribution in [0.15, 0.2) is 30.3 Å². The third kappa shape index (κ3) is 4.07. The Kier molecular flexibility index (Phi) is 6.06. The lowest BCUT2D eigenvalue weighted by molar-refractivity contribution is 0.129. The lowest BCUT2D eigenvalue weighted by Gasteiger charge is -2.33. The van der Waals surface area contributed by atoms with E-state index in [1.54, 1.807) is 0 Å². The summed E-state index contributed by atoms with van der Waals surface area (Å²) >= 11 is 0. The van der Waals surface area contributed by atoms with Crippen LogP contribution in [0.5, 0.6) is 0 Å². The second kappa shape index (κ2) is 7.80. The molecule has 1 aliphatic carbocycles. The van der Waals surface area contributed by atoms with Crippen molar-refractivity contribution in [3.05, 3.63) is 35.9 Å². The van der Waals surface area contributed by atoms with Crippen molar-refractivity contribution < 1.29 is 5.11 Å². The number of hydrogen-bond acceptors (Lipinski definition) is 2. The minimum Gasteiger partial charge on any atom is -0.396 e. The van der Waals surface area contributed by atoms with Gasteiger partial charge in [0.15, 0.2) is 0 Å². The minimum atomic E-state index is 0.351. The van der Waals surface area contributed by atoms with E-state index in [-0.39, 0.29) is 0 Å². The molecular weight excluding hydrogens is 246 g/mol. The molecule has 2 N–H and O–H groups in total. The summed E-state index contributed by atoms with van der Waals surface area (Å²) in [6.45, 7) is 5.93. The molecule has 1 aromatic carbocycles. The van der Waals surface area contributed by atoms with E-state index >= 15 is 0 Å². The van der Waals surface area contributed by atoms with Crippen LogP contribution >= 0.6 is 0 Å². The fourth-order valence-electron chi connectivity index (χ4n) is 3.47. The summed E-state index contributed by atoms with van der Waals surface area (Å²) in [5.74, 6) is 1.71. The van der Waals surface area contributed by atoms with Gasteiger partial charge >= 0.3 is 0 Å². The first-order valence-corrected chi connectivity index (χ1v) is 8.11. The highest BCUT2D eigenvalue weighted by molar-refractivity contribution is 5.19. The van der Waals surface area contributed by atoms with Gasteiger partial charge in [0.2, 0.25) is 0 Å². The SMILES string of the molecule is CC(C)C(NCC1CCCCC1CO)c1ccccc1. The zero-order valence-electron chi connectivity index (χ0n) is 12.9. The van der Waals surface area contributed by atoms with E-state index in [0.717, 1.165) is 6.54 Å². The van der Waals surface area contributed by atoms with Gasteiger partial charge in [0, 0.05) is 12.6 Å². The zero-order valence-corrected chi connectivity index (χ0v) is 12.9. The highest BCUT2D eigenvalue weighted by Crippen LogP contribution is 2.30. The number of aliphatic hydroxyl groups is 1. The molecule has 2 heteroatoms. The molecule has 1 fully saturated rings. The molecule has 0 amide bonds. The van der Waals surface area contributed by atoms with E-state index < -0.39 is 0 Å². The molecule has 2 rings (SSSR count). The van der Waals surface area contributed by atoms with Crippen LogP contribution in [0.2, 0.25) is 0 Å². The van der Waals surface area contributed by atoms with Crippen molar-refractivity contribution in [2.24, 2.45) is 17.8 Å². The third-order valence-electron chi connectivity index (χ3n) is 4.73. The summed E-state index contributed by atoms with van der Waals surface area (Å²) < 4.78 is 0. The van der Waals surface area contributed by atoms with Crippen molar-refractivity contribution in [3.8, 4) is 0 Å². The first-order valence-electron chi connectivity index (χ1n) is 8.11. The second-order valence-corrected chi connectivity index (χ2v) is 6.53. The number of nitrogens with one attached hydrogen (secondary N) is 1. The molecule has 1 saturated carbocycles. The molecule has 0 heterocycles. The molecule has 0 spiro atoms. The van der Waals surface area contributed by atoms with Gasteiger partial charge in [-0.05, 0) is 42.7 Å². The quantitative estimate of drug-likeness (QED) is 0.828. The van der Waals surface area contributed by atoms with Crippen LogP contribution < -0.4 is 5.32 Å². The highest BCUT2D eigenvalue weighted by Gasteiger charge is 2.25. The van der Waals surface area contributed by atoms with Crippen LogP contribution in [-0.4, -0.2) is 18.3 Å². The van der Waals surface area contributed by atoms with Crippen molar-refractivity contribution >= 4 is 0 Å². The third-order valence-corrected chi connectivity index (χ3v) is 4.73. The molecule has 0 bridgehead atoms. The summed E-state index contributed by atoms with van der Waals surface area (Å²) in [6, 6.07) is 11.1. The molecule has 0 saturated heterocycles. The highest BCUT2D eigenvalue weighted by atomic mass is 16.3. The zero-order chi connectivity index (χ0) is 14.4. The van der Waals surface area contributed by atoms with E-state index in [1.165, 1.54) is 31.2 Å². The van der Waals surface area contributed by atoms with E-state index in [4.69, 9.17) is 0 Å². The largest absolute Gasteiger partial charge is 0.396 e. The number of benzene rings is 1. The molecule has 0 aromatic heterocycles. The van der Waals surface area contributed by atoms with Crippen molar-refractivity contribution in [2.75, 3.05) is 13.2 Å². The molecular formula is C18H29NO. The maximum atomic E-state index is 9.53. The van der Waals surface area contributed by atoms with Crippen molar-refractivity contribution in [3.63, 3.8) is 0 Å². The predicted molar refractivity (Wildman–Crippen MR) is 84.6 cm³/mol. The van der Waals surface area contributed by atoms with Gasteiger partial charge in [-0.3, -0.25) is 0 Å². The van der Waals surface area contributed by atoms with E-state index in [1.807, 2.05) is 0 Å². The van der Waals surface area contributed by atoms with Crippen molar-refractivity contribution in [2.45, 2.75) is 45.6 Å². The van der Waals surface area contributed by atoms with Crippen LogP contribution in [-0.2, 0) is 0 Å². The molecule has 3 unspecified atom stereocenters. The van der Waals surface area contributed by atoms with E-state index in [0.29, 0.717) is 30.4 Å². The fraction of sp³-hybridized carbons (Fsp3) is 0.667. The summed E-state index contributed by atoms with van der Waals surface area (Å²) in [6.07, 6.45) is 5.06. The minimum absolute atomic E-state index is 0.351. The normalized spacial score (nSPS) is 24.8. The van der Waals surface area contributed by atoms with Crippen LogP contribution in [0.4, 0.5) is 0 Å². The first kappa shape index (κ1) is 15.5. The van der Waals surface area contributed by atoms with E-state index in [9.17, 15) is 5.11 Å².